The van der Waals surface area contributed by atoms with Gasteiger partial charge in [-0.25, -0.2) is 0 Å². The van der Waals surface area contributed by atoms with E-state index in [9.17, 15) is 10.1 Å². The molecule has 1 aromatic rings. The molecule has 0 amide bonds. The minimum atomic E-state index is -0.303. The van der Waals surface area contributed by atoms with Gasteiger partial charge in [0.15, 0.2) is 0 Å². The Morgan fingerprint density at radius 3 is 2.30 bits per heavy atom. The number of piperidine rings is 2. The zero-order chi connectivity index (χ0) is 19.6. The molecule has 2 fully saturated rings. The second-order valence-corrected chi connectivity index (χ2v) is 8.92. The molecule has 1 aromatic carbocycles. The summed E-state index contributed by atoms with van der Waals surface area (Å²) in [5.74, 6) is 2.27. The third-order valence-corrected chi connectivity index (χ3v) is 6.90. The number of likely N-dealkylation sites (tertiary alicyclic amines) is 1. The number of hydrogen-bond donors (Lipinski definition) is 0. The van der Waals surface area contributed by atoms with Gasteiger partial charge in [-0.15, -0.1) is 0 Å². The van der Waals surface area contributed by atoms with Crippen molar-refractivity contribution < 1.29 is 9.66 Å². The van der Waals surface area contributed by atoms with Crippen LogP contribution in [0.3, 0.4) is 0 Å². The van der Waals surface area contributed by atoms with Crippen molar-refractivity contribution in [2.75, 3.05) is 38.2 Å². The lowest BCUT2D eigenvalue weighted by atomic mass is 9.85. The molecule has 6 nitrogen and oxygen atoms in total. The van der Waals surface area contributed by atoms with E-state index in [1.807, 2.05) is 0 Å². The van der Waals surface area contributed by atoms with E-state index in [2.05, 4.69) is 39.6 Å². The number of rotatable bonds is 5. The fourth-order valence-corrected chi connectivity index (χ4v) is 5.00. The average molecular weight is 440 g/mol. The molecule has 0 bridgehead atoms. The van der Waals surface area contributed by atoms with Gasteiger partial charge in [0, 0.05) is 31.3 Å². The van der Waals surface area contributed by atoms with Crippen molar-refractivity contribution in [3.8, 4) is 5.75 Å². The van der Waals surface area contributed by atoms with Gasteiger partial charge in [0.1, 0.15) is 11.4 Å². The first kappa shape index (κ1) is 20.4. The zero-order valence-electron chi connectivity index (χ0n) is 16.5. The first-order valence-corrected chi connectivity index (χ1v) is 10.7. The lowest BCUT2D eigenvalue weighted by molar-refractivity contribution is -0.384. The van der Waals surface area contributed by atoms with Gasteiger partial charge in [-0.3, -0.25) is 10.1 Å². The van der Waals surface area contributed by atoms with Crippen LogP contribution < -0.4 is 9.64 Å². The summed E-state index contributed by atoms with van der Waals surface area (Å²) in [5, 5.41) is 11.5. The van der Waals surface area contributed by atoms with Crippen LogP contribution >= 0.6 is 15.9 Å². The third-order valence-electron chi connectivity index (χ3n) is 6.28. The molecule has 2 heterocycles. The number of nitrogens with zero attached hydrogens (tertiary/aromatic N) is 3. The number of ether oxygens (including phenoxy) is 1. The normalized spacial score (nSPS) is 20.3. The standard InChI is InChI=1S/C20H30BrN3O3/c1-14(2)15-4-8-22(9-5-15)16-6-10-23(11-7-16)18-13-20(27-3)17(21)12-19(18)24(25)26/h12-16H,4-11H2,1-3H3. The van der Waals surface area contributed by atoms with E-state index < -0.39 is 0 Å². The van der Waals surface area contributed by atoms with Gasteiger partial charge in [-0.1, -0.05) is 13.8 Å². The molecule has 2 aliphatic heterocycles. The molecule has 0 saturated carbocycles. The molecule has 150 valence electrons. The highest BCUT2D eigenvalue weighted by atomic mass is 79.9. The Morgan fingerprint density at radius 2 is 1.78 bits per heavy atom. The largest absolute Gasteiger partial charge is 0.495 e. The molecular formula is C20H30BrN3O3. The fraction of sp³-hybridized carbons (Fsp3) is 0.700. The molecule has 0 spiro atoms. The van der Waals surface area contributed by atoms with Crippen LogP contribution in [0.1, 0.15) is 39.5 Å². The Bertz CT molecular complexity index is 667. The maximum atomic E-state index is 11.5. The second kappa shape index (κ2) is 8.78. The van der Waals surface area contributed by atoms with Gasteiger partial charge < -0.3 is 14.5 Å². The highest BCUT2D eigenvalue weighted by Gasteiger charge is 2.31. The van der Waals surface area contributed by atoms with Crippen molar-refractivity contribution in [2.45, 2.75) is 45.6 Å². The van der Waals surface area contributed by atoms with Gasteiger partial charge in [0.25, 0.3) is 5.69 Å². The Hall–Kier alpha value is -1.34. The SMILES string of the molecule is COc1cc(N2CCC(N3CCC(C(C)C)CC3)CC2)c([N+](=O)[O-])cc1Br. The van der Waals surface area contributed by atoms with Crippen molar-refractivity contribution in [3.63, 3.8) is 0 Å². The van der Waals surface area contributed by atoms with Crippen LogP contribution in [0, 0.1) is 22.0 Å². The van der Waals surface area contributed by atoms with Gasteiger partial charge in [0.2, 0.25) is 0 Å². The fourth-order valence-electron chi connectivity index (χ4n) is 4.51. The van der Waals surface area contributed by atoms with Crippen LogP contribution in [0.5, 0.6) is 5.75 Å². The van der Waals surface area contributed by atoms with E-state index in [-0.39, 0.29) is 10.6 Å². The second-order valence-electron chi connectivity index (χ2n) is 8.07. The highest BCUT2D eigenvalue weighted by Crippen LogP contribution is 2.39. The van der Waals surface area contributed by atoms with E-state index in [4.69, 9.17) is 4.74 Å². The van der Waals surface area contributed by atoms with Crippen molar-refractivity contribution in [2.24, 2.45) is 11.8 Å². The summed E-state index contributed by atoms with van der Waals surface area (Å²) in [6.07, 6.45) is 4.71. The highest BCUT2D eigenvalue weighted by molar-refractivity contribution is 9.10. The summed E-state index contributed by atoms with van der Waals surface area (Å²) in [6.45, 7) is 8.75. The third kappa shape index (κ3) is 4.57. The summed E-state index contributed by atoms with van der Waals surface area (Å²) in [6, 6.07) is 3.94. The first-order chi connectivity index (χ1) is 12.9. The summed E-state index contributed by atoms with van der Waals surface area (Å²) < 4.78 is 5.97. The van der Waals surface area contributed by atoms with E-state index in [0.29, 0.717) is 22.0 Å². The van der Waals surface area contributed by atoms with Gasteiger partial charge in [-0.05, 0) is 66.5 Å². The van der Waals surface area contributed by atoms with Gasteiger partial charge in [0.05, 0.1) is 16.5 Å². The molecule has 0 atom stereocenters. The molecule has 0 aliphatic carbocycles. The van der Waals surface area contributed by atoms with Gasteiger partial charge >= 0.3 is 0 Å². The van der Waals surface area contributed by atoms with Crippen LogP contribution in [0.25, 0.3) is 0 Å². The minimum Gasteiger partial charge on any atom is -0.495 e. The first-order valence-electron chi connectivity index (χ1n) is 9.91. The molecule has 0 unspecified atom stereocenters. The molecule has 2 aliphatic rings. The molecule has 0 N–H and O–H groups in total. The Labute approximate surface area is 170 Å². The number of methoxy groups -OCH3 is 1. The predicted molar refractivity (Wildman–Crippen MR) is 112 cm³/mol. The molecular weight excluding hydrogens is 410 g/mol. The maximum Gasteiger partial charge on any atom is 0.293 e. The van der Waals surface area contributed by atoms with Crippen molar-refractivity contribution >= 4 is 27.3 Å². The number of nitro groups is 1. The summed E-state index contributed by atoms with van der Waals surface area (Å²) in [7, 11) is 1.59. The summed E-state index contributed by atoms with van der Waals surface area (Å²) in [5.41, 5.74) is 0.802. The quantitative estimate of drug-likeness (QED) is 0.491. The van der Waals surface area contributed by atoms with Crippen molar-refractivity contribution in [1.82, 2.24) is 4.90 Å². The van der Waals surface area contributed by atoms with Crippen LogP contribution in [0.4, 0.5) is 11.4 Å². The van der Waals surface area contributed by atoms with E-state index in [1.54, 1.807) is 19.2 Å². The van der Waals surface area contributed by atoms with Gasteiger partial charge in [-0.2, -0.15) is 0 Å². The molecule has 2 saturated heterocycles. The van der Waals surface area contributed by atoms with Crippen molar-refractivity contribution in [1.29, 1.82) is 0 Å². The molecule has 0 aromatic heterocycles. The smallest absolute Gasteiger partial charge is 0.293 e. The number of nitro benzene ring substituents is 1. The van der Waals surface area contributed by atoms with E-state index in [0.717, 1.165) is 37.8 Å². The molecule has 7 heteroatoms. The minimum absolute atomic E-state index is 0.138. The lowest BCUT2D eigenvalue weighted by Gasteiger charge is -2.43. The summed E-state index contributed by atoms with van der Waals surface area (Å²) in [4.78, 5) is 16.0. The molecule has 3 rings (SSSR count). The Kier molecular flexibility index (Phi) is 6.63. The van der Waals surface area contributed by atoms with Crippen molar-refractivity contribution in [3.05, 3.63) is 26.7 Å². The molecule has 27 heavy (non-hydrogen) atoms. The number of halogens is 1. The van der Waals surface area contributed by atoms with Crippen LogP contribution in [0.2, 0.25) is 0 Å². The van der Waals surface area contributed by atoms with Crippen LogP contribution in [-0.4, -0.2) is 49.2 Å². The molecule has 0 radical (unpaired) electrons. The average Bonchev–Trinajstić information content (AvgIpc) is 2.68. The van der Waals surface area contributed by atoms with E-state index in [1.165, 1.54) is 25.9 Å². The topological polar surface area (TPSA) is 58.8 Å². The Morgan fingerprint density at radius 1 is 1.15 bits per heavy atom. The zero-order valence-corrected chi connectivity index (χ0v) is 18.1. The van der Waals surface area contributed by atoms with E-state index >= 15 is 0 Å². The van der Waals surface area contributed by atoms with Crippen LogP contribution in [-0.2, 0) is 0 Å². The summed E-state index contributed by atoms with van der Waals surface area (Å²) >= 11 is 3.36. The monoisotopic (exact) mass is 439 g/mol. The number of anilines is 1. The number of hydrogen-bond acceptors (Lipinski definition) is 5. The Balaban J connectivity index is 1.65. The number of benzene rings is 1. The predicted octanol–water partition coefficient (Wildman–Crippen LogP) is 4.70. The van der Waals surface area contributed by atoms with Crippen LogP contribution in [0.15, 0.2) is 16.6 Å². The lowest BCUT2D eigenvalue weighted by Crippen LogP contribution is -2.48. The maximum absolute atomic E-state index is 11.5.